The molecule has 0 radical (unpaired) electrons. The predicted octanol–water partition coefficient (Wildman–Crippen LogP) is 2.77. The Hall–Kier alpha value is -3.15. The van der Waals surface area contributed by atoms with E-state index in [-0.39, 0.29) is 0 Å². The van der Waals surface area contributed by atoms with E-state index in [2.05, 4.69) is 10.1 Å². The van der Waals surface area contributed by atoms with Crippen LogP contribution in [-0.2, 0) is 9.63 Å². The van der Waals surface area contributed by atoms with Crippen molar-refractivity contribution in [2.24, 2.45) is 5.16 Å². The molecular formula is C18H15N3O3. The van der Waals surface area contributed by atoms with Gasteiger partial charge in [0.15, 0.2) is 5.36 Å². The Balaban J connectivity index is 2.12. The highest BCUT2D eigenvalue weighted by atomic mass is 16.7. The van der Waals surface area contributed by atoms with Crippen molar-refractivity contribution < 1.29 is 14.7 Å². The number of pyridine rings is 2. The lowest BCUT2D eigenvalue weighted by Gasteiger charge is -2.16. The largest absolute Gasteiger partial charge is 0.478 e. The highest BCUT2D eigenvalue weighted by Crippen LogP contribution is 2.24. The van der Waals surface area contributed by atoms with E-state index in [0.717, 1.165) is 21.8 Å². The van der Waals surface area contributed by atoms with Crippen molar-refractivity contribution in [3.63, 3.8) is 0 Å². The molecule has 3 heterocycles. The van der Waals surface area contributed by atoms with Gasteiger partial charge in [-0.1, -0.05) is 17.3 Å². The molecule has 6 heteroatoms. The van der Waals surface area contributed by atoms with E-state index < -0.39 is 11.6 Å². The van der Waals surface area contributed by atoms with Gasteiger partial charge in [-0.15, -0.1) is 0 Å². The van der Waals surface area contributed by atoms with Gasteiger partial charge in [-0.25, -0.2) is 4.79 Å². The summed E-state index contributed by atoms with van der Waals surface area (Å²) in [5.41, 5.74) is 1.10. The first kappa shape index (κ1) is 14.4. The van der Waals surface area contributed by atoms with Crippen LogP contribution in [0.4, 0.5) is 0 Å². The molecule has 0 amide bonds. The van der Waals surface area contributed by atoms with Gasteiger partial charge in [0.1, 0.15) is 5.52 Å². The van der Waals surface area contributed by atoms with E-state index >= 15 is 0 Å². The number of carboxylic acids is 1. The molecule has 6 nitrogen and oxygen atoms in total. The number of carbonyl (C=O) groups is 1. The van der Waals surface area contributed by atoms with Gasteiger partial charge in [0.2, 0.25) is 5.60 Å². The minimum atomic E-state index is -1.42. The molecule has 0 aliphatic rings. The molecule has 24 heavy (non-hydrogen) atoms. The molecule has 4 rings (SSSR count). The highest BCUT2D eigenvalue weighted by molar-refractivity contribution is 6.08. The van der Waals surface area contributed by atoms with Gasteiger partial charge in [0, 0.05) is 17.8 Å². The van der Waals surface area contributed by atoms with Crippen LogP contribution in [-0.4, -0.2) is 26.1 Å². The summed E-state index contributed by atoms with van der Waals surface area (Å²) in [6, 6.07) is 11.8. The van der Waals surface area contributed by atoms with Gasteiger partial charge in [-0.3, -0.25) is 4.98 Å². The fraction of sp³-hybridized carbons (Fsp3) is 0.167. The maximum absolute atomic E-state index is 11.3. The molecule has 0 aliphatic carbocycles. The first-order valence-electron chi connectivity index (χ1n) is 7.55. The van der Waals surface area contributed by atoms with Crippen molar-refractivity contribution in [2.75, 3.05) is 0 Å². The third-order valence-electron chi connectivity index (χ3n) is 4.12. The maximum atomic E-state index is 11.3. The van der Waals surface area contributed by atoms with Crippen LogP contribution in [0.1, 0.15) is 13.8 Å². The lowest BCUT2D eigenvalue weighted by molar-refractivity contribution is -0.161. The summed E-state index contributed by atoms with van der Waals surface area (Å²) in [6.45, 7) is 2.92. The van der Waals surface area contributed by atoms with Crippen LogP contribution in [0.3, 0.4) is 0 Å². The molecule has 0 aliphatic heterocycles. The summed E-state index contributed by atoms with van der Waals surface area (Å²) in [4.78, 5) is 21.1. The summed E-state index contributed by atoms with van der Waals surface area (Å²) < 4.78 is 2.01. The lowest BCUT2D eigenvalue weighted by atomic mass is 10.1. The summed E-state index contributed by atoms with van der Waals surface area (Å²) in [6.07, 6.45) is 3.66. The minimum absolute atomic E-state index is 0.527. The Morgan fingerprint density at radius 3 is 2.79 bits per heavy atom. The summed E-state index contributed by atoms with van der Waals surface area (Å²) >= 11 is 0. The second-order valence-corrected chi connectivity index (χ2v) is 6.14. The van der Waals surface area contributed by atoms with Crippen molar-refractivity contribution in [2.45, 2.75) is 19.4 Å². The van der Waals surface area contributed by atoms with Crippen LogP contribution in [0.25, 0.3) is 27.3 Å². The average Bonchev–Trinajstić information content (AvgIpc) is 3.04. The van der Waals surface area contributed by atoms with Gasteiger partial charge in [-0.2, -0.15) is 0 Å². The fourth-order valence-electron chi connectivity index (χ4n) is 2.79. The van der Waals surface area contributed by atoms with Crippen LogP contribution in [0, 0.1) is 0 Å². The summed E-state index contributed by atoms with van der Waals surface area (Å²) in [7, 11) is 0. The van der Waals surface area contributed by atoms with Crippen LogP contribution < -0.4 is 5.36 Å². The highest BCUT2D eigenvalue weighted by Gasteiger charge is 2.29. The molecule has 0 saturated heterocycles. The number of fused-ring (bicyclic) bond motifs is 2. The number of rotatable bonds is 3. The zero-order chi connectivity index (χ0) is 16.9. The molecule has 0 saturated carbocycles. The van der Waals surface area contributed by atoms with Crippen LogP contribution >= 0.6 is 0 Å². The first-order chi connectivity index (χ1) is 11.5. The smallest absolute Gasteiger partial charge is 0.350 e. The number of benzene rings is 1. The van der Waals surface area contributed by atoms with Crippen molar-refractivity contribution >= 4 is 33.3 Å². The number of aliphatic carboxylic acids is 1. The molecule has 0 atom stereocenters. The molecule has 4 aromatic rings. The van der Waals surface area contributed by atoms with E-state index in [1.165, 1.54) is 13.8 Å². The zero-order valence-electron chi connectivity index (χ0n) is 13.2. The first-order valence-corrected chi connectivity index (χ1v) is 7.55. The number of carboxylic acid groups (broad SMARTS) is 1. The molecule has 0 fully saturated rings. The van der Waals surface area contributed by atoms with Gasteiger partial charge < -0.3 is 14.3 Å². The summed E-state index contributed by atoms with van der Waals surface area (Å²) in [5.74, 6) is -1.08. The van der Waals surface area contributed by atoms with E-state index in [1.807, 2.05) is 47.0 Å². The molecule has 0 spiro atoms. The number of hydrogen-bond acceptors (Lipinski definition) is 4. The van der Waals surface area contributed by atoms with Gasteiger partial charge in [0.25, 0.3) is 0 Å². The molecule has 0 bridgehead atoms. The number of hydrogen-bond donors (Lipinski definition) is 1. The molecule has 1 aromatic carbocycles. The number of aromatic nitrogens is 2. The van der Waals surface area contributed by atoms with E-state index in [4.69, 9.17) is 4.84 Å². The van der Waals surface area contributed by atoms with Crippen LogP contribution in [0.2, 0.25) is 0 Å². The van der Waals surface area contributed by atoms with Gasteiger partial charge in [0.05, 0.1) is 11.0 Å². The fourth-order valence-corrected chi connectivity index (χ4v) is 2.79. The Labute approximate surface area is 137 Å². The van der Waals surface area contributed by atoms with E-state index in [1.54, 1.807) is 6.20 Å². The van der Waals surface area contributed by atoms with Crippen LogP contribution in [0.5, 0.6) is 0 Å². The predicted molar refractivity (Wildman–Crippen MR) is 89.8 cm³/mol. The second kappa shape index (κ2) is 4.92. The molecular weight excluding hydrogens is 306 g/mol. The maximum Gasteiger partial charge on any atom is 0.350 e. The van der Waals surface area contributed by atoms with Crippen LogP contribution in [0.15, 0.2) is 53.9 Å². The molecule has 1 N–H and O–H groups in total. The average molecular weight is 321 g/mol. The number of nitrogens with zero attached hydrogens (tertiary/aromatic N) is 3. The molecule has 3 aromatic heterocycles. The molecule has 0 unspecified atom stereocenters. The van der Waals surface area contributed by atoms with Crippen molar-refractivity contribution in [1.29, 1.82) is 0 Å². The van der Waals surface area contributed by atoms with Crippen molar-refractivity contribution in [3.05, 3.63) is 54.1 Å². The third kappa shape index (κ3) is 2.00. The Kier molecular flexibility index (Phi) is 2.96. The van der Waals surface area contributed by atoms with Gasteiger partial charge in [-0.05, 0) is 43.5 Å². The van der Waals surface area contributed by atoms with Gasteiger partial charge >= 0.3 is 5.97 Å². The standard InChI is InChI=1S/C18H15N3O3/c1-18(2,17(22)23)24-20-15-13-7-4-10-21(13)12-6-3-5-11-8-9-19-16(15)14(11)12/h3-10H,1-2H3,(H,22,23). The Morgan fingerprint density at radius 1 is 1.21 bits per heavy atom. The zero-order valence-corrected chi connectivity index (χ0v) is 13.2. The summed E-state index contributed by atoms with van der Waals surface area (Å²) in [5, 5.41) is 15.9. The second-order valence-electron chi connectivity index (χ2n) is 6.14. The minimum Gasteiger partial charge on any atom is -0.478 e. The van der Waals surface area contributed by atoms with Crippen molar-refractivity contribution in [3.8, 4) is 0 Å². The molecule has 120 valence electrons. The quantitative estimate of drug-likeness (QED) is 0.589. The lowest BCUT2D eigenvalue weighted by Crippen LogP contribution is -2.33. The monoisotopic (exact) mass is 321 g/mol. The van der Waals surface area contributed by atoms with E-state index in [9.17, 15) is 9.90 Å². The third-order valence-corrected chi connectivity index (χ3v) is 4.12. The Morgan fingerprint density at radius 2 is 2.00 bits per heavy atom. The topological polar surface area (TPSA) is 76.2 Å². The van der Waals surface area contributed by atoms with Crippen molar-refractivity contribution in [1.82, 2.24) is 9.38 Å². The van der Waals surface area contributed by atoms with E-state index in [0.29, 0.717) is 10.9 Å². The normalized spacial score (nSPS) is 13.2. The SMILES string of the molecule is CC(C)(ON=c1c2nccc3cccc(c32)n2cccc12)C(=O)O. The Bertz CT molecular complexity index is 1140.